The molecule has 1 aromatic rings. The molecule has 1 aromatic heterocycles. The van der Waals surface area contributed by atoms with Crippen molar-refractivity contribution in [2.45, 2.75) is 24.0 Å². The minimum Gasteiger partial charge on any atom is -0.313 e. The van der Waals surface area contributed by atoms with Crippen LogP contribution in [0, 0.1) is 0 Å². The van der Waals surface area contributed by atoms with E-state index in [1.54, 1.807) is 6.07 Å². The molecule has 2 N–H and O–H groups in total. The summed E-state index contributed by atoms with van der Waals surface area (Å²) in [5.41, 5.74) is 1.16. The Morgan fingerprint density at radius 1 is 1.44 bits per heavy atom. The molecule has 2 rings (SSSR count). The van der Waals surface area contributed by atoms with Crippen molar-refractivity contribution < 1.29 is 8.42 Å². The van der Waals surface area contributed by atoms with Crippen molar-refractivity contribution in [2.24, 2.45) is 0 Å². The minimum atomic E-state index is -3.34. The largest absolute Gasteiger partial charge is 0.313 e. The molecule has 0 bridgehead atoms. The van der Waals surface area contributed by atoms with Gasteiger partial charge in [0.15, 0.2) is 0 Å². The molecule has 18 heavy (non-hydrogen) atoms. The number of hydrogen-bond donors (Lipinski definition) is 2. The summed E-state index contributed by atoms with van der Waals surface area (Å²) in [5.74, 6) is 0. The van der Waals surface area contributed by atoms with Gasteiger partial charge >= 0.3 is 0 Å². The Morgan fingerprint density at radius 3 is 2.89 bits per heavy atom. The van der Waals surface area contributed by atoms with Crippen LogP contribution < -0.4 is 10.0 Å². The van der Waals surface area contributed by atoms with Crippen LogP contribution >= 0.6 is 11.3 Å². The molecule has 2 heterocycles. The molecule has 0 unspecified atom stereocenters. The molecule has 0 radical (unpaired) electrons. The number of thiophene rings is 1. The highest BCUT2D eigenvalue weighted by Crippen LogP contribution is 2.21. The fourth-order valence-corrected chi connectivity index (χ4v) is 4.16. The molecule has 4 nitrogen and oxygen atoms in total. The van der Waals surface area contributed by atoms with Crippen molar-refractivity contribution in [1.29, 1.82) is 0 Å². The zero-order chi connectivity index (χ0) is 13.0. The van der Waals surface area contributed by atoms with Crippen LogP contribution in [0.2, 0.25) is 0 Å². The van der Waals surface area contributed by atoms with Gasteiger partial charge in [-0.1, -0.05) is 18.6 Å². The highest BCUT2D eigenvalue weighted by atomic mass is 32.2. The second-order valence-electron chi connectivity index (χ2n) is 4.22. The van der Waals surface area contributed by atoms with Gasteiger partial charge in [0.2, 0.25) is 10.0 Å². The first-order chi connectivity index (χ1) is 8.62. The first kappa shape index (κ1) is 13.7. The molecule has 1 aliphatic rings. The summed E-state index contributed by atoms with van der Waals surface area (Å²) in [6.45, 7) is 4.20. The SMILES string of the molecule is CCc1ccc(S(=O)(=O)NCC2=CCNCC2)s1. The van der Waals surface area contributed by atoms with E-state index in [1.807, 2.05) is 13.0 Å². The maximum atomic E-state index is 12.1. The summed E-state index contributed by atoms with van der Waals surface area (Å²) in [5, 5.41) is 3.20. The van der Waals surface area contributed by atoms with Gasteiger partial charge in [0.05, 0.1) is 0 Å². The third-order valence-corrected chi connectivity index (χ3v) is 6.02. The second-order valence-corrected chi connectivity index (χ2v) is 7.38. The lowest BCUT2D eigenvalue weighted by Gasteiger charge is -2.14. The fourth-order valence-electron chi connectivity index (χ4n) is 1.78. The van der Waals surface area contributed by atoms with E-state index in [0.29, 0.717) is 10.8 Å². The van der Waals surface area contributed by atoms with Gasteiger partial charge in [0.1, 0.15) is 4.21 Å². The van der Waals surface area contributed by atoms with Gasteiger partial charge in [-0.2, -0.15) is 0 Å². The predicted molar refractivity (Wildman–Crippen MR) is 74.5 cm³/mol. The Hall–Kier alpha value is -0.690. The summed E-state index contributed by atoms with van der Waals surface area (Å²) >= 11 is 1.34. The maximum Gasteiger partial charge on any atom is 0.250 e. The summed E-state index contributed by atoms with van der Waals surface area (Å²) in [6, 6.07) is 3.56. The molecule has 0 saturated heterocycles. The van der Waals surface area contributed by atoms with E-state index in [0.717, 1.165) is 36.4 Å². The first-order valence-electron chi connectivity index (χ1n) is 6.09. The average Bonchev–Trinajstić information content (AvgIpc) is 2.87. The van der Waals surface area contributed by atoms with Crippen LogP contribution in [0.5, 0.6) is 0 Å². The van der Waals surface area contributed by atoms with Crippen LogP contribution in [0.4, 0.5) is 0 Å². The Morgan fingerprint density at radius 2 is 2.28 bits per heavy atom. The minimum absolute atomic E-state index is 0.411. The number of sulfonamides is 1. The Bertz CT molecular complexity index is 532. The van der Waals surface area contributed by atoms with E-state index in [2.05, 4.69) is 16.1 Å². The number of hydrogen-bond acceptors (Lipinski definition) is 4. The van der Waals surface area contributed by atoms with Gasteiger partial charge in [-0.15, -0.1) is 11.3 Å². The normalized spacial score (nSPS) is 16.6. The molecule has 6 heteroatoms. The standard InChI is InChI=1S/C12H18N2O2S2/c1-2-11-3-4-12(17-11)18(15,16)14-9-10-5-7-13-8-6-10/h3-5,13-14H,2,6-9H2,1H3. The summed E-state index contributed by atoms with van der Waals surface area (Å²) < 4.78 is 27.2. The van der Waals surface area contributed by atoms with Gasteiger partial charge in [-0.25, -0.2) is 13.1 Å². The first-order valence-corrected chi connectivity index (χ1v) is 8.39. The zero-order valence-electron chi connectivity index (χ0n) is 10.4. The third-order valence-electron chi connectivity index (χ3n) is 2.90. The van der Waals surface area contributed by atoms with Crippen LogP contribution in [-0.4, -0.2) is 28.1 Å². The molecule has 0 amide bonds. The number of aryl methyl sites for hydroxylation is 1. The smallest absolute Gasteiger partial charge is 0.250 e. The molecule has 1 aliphatic heterocycles. The lowest BCUT2D eigenvalue weighted by Crippen LogP contribution is -2.29. The maximum absolute atomic E-state index is 12.1. The highest BCUT2D eigenvalue weighted by molar-refractivity contribution is 7.91. The molecule has 0 spiro atoms. The highest BCUT2D eigenvalue weighted by Gasteiger charge is 2.16. The van der Waals surface area contributed by atoms with E-state index in [1.165, 1.54) is 11.3 Å². The van der Waals surface area contributed by atoms with Crippen LogP contribution in [0.3, 0.4) is 0 Å². The Balaban J connectivity index is 2.00. The van der Waals surface area contributed by atoms with Gasteiger partial charge in [-0.3, -0.25) is 0 Å². The Labute approximate surface area is 112 Å². The topological polar surface area (TPSA) is 58.2 Å². The second kappa shape index (κ2) is 5.97. The van der Waals surface area contributed by atoms with E-state index in [9.17, 15) is 8.42 Å². The van der Waals surface area contributed by atoms with Crippen LogP contribution in [0.25, 0.3) is 0 Å². The average molecular weight is 286 g/mol. The van der Waals surface area contributed by atoms with Crippen molar-refractivity contribution in [3.05, 3.63) is 28.7 Å². The van der Waals surface area contributed by atoms with Crippen LogP contribution in [0.1, 0.15) is 18.2 Å². The van der Waals surface area contributed by atoms with Crippen molar-refractivity contribution in [2.75, 3.05) is 19.6 Å². The van der Waals surface area contributed by atoms with Crippen molar-refractivity contribution in [3.8, 4) is 0 Å². The number of rotatable bonds is 5. The van der Waals surface area contributed by atoms with Gasteiger partial charge < -0.3 is 5.32 Å². The van der Waals surface area contributed by atoms with E-state index in [-0.39, 0.29) is 0 Å². The summed E-state index contributed by atoms with van der Waals surface area (Å²) in [6.07, 6.45) is 3.84. The monoisotopic (exact) mass is 286 g/mol. The number of nitrogens with one attached hydrogen (secondary N) is 2. The molecular weight excluding hydrogens is 268 g/mol. The van der Waals surface area contributed by atoms with Gasteiger partial charge in [-0.05, 0) is 31.5 Å². The van der Waals surface area contributed by atoms with E-state index in [4.69, 9.17) is 0 Å². The molecule has 0 aromatic carbocycles. The lowest BCUT2D eigenvalue weighted by molar-refractivity contribution is 0.584. The van der Waals surface area contributed by atoms with Crippen LogP contribution in [0.15, 0.2) is 28.0 Å². The lowest BCUT2D eigenvalue weighted by atomic mass is 10.1. The van der Waals surface area contributed by atoms with Gasteiger partial charge in [0.25, 0.3) is 0 Å². The van der Waals surface area contributed by atoms with Crippen molar-refractivity contribution in [3.63, 3.8) is 0 Å². The molecule has 0 saturated carbocycles. The van der Waals surface area contributed by atoms with E-state index >= 15 is 0 Å². The third kappa shape index (κ3) is 3.41. The van der Waals surface area contributed by atoms with Crippen molar-refractivity contribution in [1.82, 2.24) is 10.0 Å². The van der Waals surface area contributed by atoms with Crippen molar-refractivity contribution >= 4 is 21.4 Å². The molecular formula is C12H18N2O2S2. The summed E-state index contributed by atoms with van der Waals surface area (Å²) in [7, 11) is -3.34. The summed E-state index contributed by atoms with van der Waals surface area (Å²) in [4.78, 5) is 1.09. The molecule has 0 aliphatic carbocycles. The van der Waals surface area contributed by atoms with Crippen LogP contribution in [-0.2, 0) is 16.4 Å². The van der Waals surface area contributed by atoms with Gasteiger partial charge in [0, 0.05) is 18.0 Å². The Kier molecular flexibility index (Phi) is 4.55. The quantitative estimate of drug-likeness (QED) is 0.807. The molecule has 0 atom stereocenters. The van der Waals surface area contributed by atoms with E-state index < -0.39 is 10.0 Å². The zero-order valence-corrected chi connectivity index (χ0v) is 12.0. The molecule has 100 valence electrons. The molecule has 0 fully saturated rings. The predicted octanol–water partition coefficient (Wildman–Crippen LogP) is 1.51. The fraction of sp³-hybridized carbons (Fsp3) is 0.500.